The molecule has 3 amide bonds. The second-order valence-corrected chi connectivity index (χ2v) is 7.07. The number of nitrogens with two attached hydrogens (primary N) is 1. The number of hydrogen-bond donors (Lipinski definition) is 1. The van der Waals surface area contributed by atoms with Crippen LogP contribution in [0.3, 0.4) is 0 Å². The zero-order valence-corrected chi connectivity index (χ0v) is 14.9. The van der Waals surface area contributed by atoms with Crippen molar-refractivity contribution >= 4 is 11.9 Å². The molecule has 2 rings (SSSR count). The highest BCUT2D eigenvalue weighted by atomic mass is 16.2. The van der Waals surface area contributed by atoms with Gasteiger partial charge in [-0.2, -0.15) is 0 Å². The van der Waals surface area contributed by atoms with E-state index in [0.29, 0.717) is 26.2 Å². The lowest BCUT2D eigenvalue weighted by Gasteiger charge is -2.43. The van der Waals surface area contributed by atoms with E-state index in [2.05, 4.69) is 0 Å². The molecule has 0 radical (unpaired) electrons. The predicted octanol–water partition coefficient (Wildman–Crippen LogP) is 1.50. The molecule has 6 heteroatoms. The minimum Gasteiger partial charge on any atom is -0.339 e. The molecule has 2 atom stereocenters. The molecule has 1 aliphatic carbocycles. The van der Waals surface area contributed by atoms with E-state index in [1.807, 2.05) is 35.5 Å². The fourth-order valence-electron chi connectivity index (χ4n) is 3.80. The molecule has 0 bridgehead atoms. The number of hydrogen-bond acceptors (Lipinski definition) is 3. The molecule has 1 saturated carbocycles. The first kappa shape index (κ1) is 18.0. The van der Waals surface area contributed by atoms with Crippen molar-refractivity contribution in [2.75, 3.05) is 39.3 Å². The van der Waals surface area contributed by atoms with E-state index >= 15 is 0 Å². The van der Waals surface area contributed by atoms with Gasteiger partial charge in [-0.1, -0.05) is 12.8 Å². The first-order valence-corrected chi connectivity index (χ1v) is 9.02. The van der Waals surface area contributed by atoms with Gasteiger partial charge in [-0.25, -0.2) is 4.79 Å². The zero-order valence-electron chi connectivity index (χ0n) is 14.9. The summed E-state index contributed by atoms with van der Waals surface area (Å²) in [4.78, 5) is 30.8. The van der Waals surface area contributed by atoms with Crippen LogP contribution in [0.25, 0.3) is 0 Å². The molecule has 1 heterocycles. The molecule has 0 spiro atoms. The third-order valence-corrected chi connectivity index (χ3v) is 5.45. The molecule has 2 N–H and O–H groups in total. The number of rotatable bonds is 3. The largest absolute Gasteiger partial charge is 0.339 e. The topological polar surface area (TPSA) is 69.9 Å². The van der Waals surface area contributed by atoms with Gasteiger partial charge >= 0.3 is 6.03 Å². The highest BCUT2D eigenvalue weighted by molar-refractivity contribution is 5.81. The molecule has 0 aromatic rings. The summed E-state index contributed by atoms with van der Waals surface area (Å²) in [6.07, 6.45) is 4.01. The molecule has 2 fully saturated rings. The Balaban J connectivity index is 1.91. The van der Waals surface area contributed by atoms with Crippen LogP contribution >= 0.6 is 0 Å². The maximum atomic E-state index is 12.8. The van der Waals surface area contributed by atoms with Crippen molar-refractivity contribution < 1.29 is 9.59 Å². The Labute approximate surface area is 140 Å². The number of piperazine rings is 1. The van der Waals surface area contributed by atoms with Gasteiger partial charge in [0.05, 0.1) is 5.92 Å². The summed E-state index contributed by atoms with van der Waals surface area (Å²) >= 11 is 0. The molecule has 2 aliphatic rings. The van der Waals surface area contributed by atoms with Crippen LogP contribution in [-0.2, 0) is 4.79 Å². The van der Waals surface area contributed by atoms with Crippen molar-refractivity contribution in [2.24, 2.45) is 11.7 Å². The van der Waals surface area contributed by atoms with Crippen molar-refractivity contribution in [2.45, 2.75) is 52.0 Å². The first-order valence-electron chi connectivity index (χ1n) is 9.02. The summed E-state index contributed by atoms with van der Waals surface area (Å²) in [7, 11) is 0. The van der Waals surface area contributed by atoms with Gasteiger partial charge in [0.25, 0.3) is 0 Å². The Kier molecular flexibility index (Phi) is 5.89. The Morgan fingerprint density at radius 3 is 2.17 bits per heavy atom. The van der Waals surface area contributed by atoms with Crippen LogP contribution in [0.4, 0.5) is 4.79 Å². The molecule has 6 nitrogen and oxygen atoms in total. The number of nitrogens with zero attached hydrogens (tertiary/aromatic N) is 3. The third kappa shape index (κ3) is 3.97. The lowest BCUT2D eigenvalue weighted by molar-refractivity contribution is -0.140. The normalized spacial score (nSPS) is 28.6. The fraction of sp³-hybridized carbons (Fsp3) is 0.882. The molecular formula is C17H32N4O2. The van der Waals surface area contributed by atoms with Crippen LogP contribution in [0.1, 0.15) is 46.5 Å². The van der Waals surface area contributed by atoms with Crippen LogP contribution in [0.15, 0.2) is 0 Å². The van der Waals surface area contributed by atoms with Gasteiger partial charge in [-0.3, -0.25) is 4.79 Å². The number of carbonyl (C=O) groups excluding carboxylic acids is 2. The quantitative estimate of drug-likeness (QED) is 0.855. The van der Waals surface area contributed by atoms with E-state index in [0.717, 1.165) is 38.8 Å². The average Bonchev–Trinajstić information content (AvgIpc) is 2.55. The van der Waals surface area contributed by atoms with Gasteiger partial charge in [0.1, 0.15) is 0 Å². The summed E-state index contributed by atoms with van der Waals surface area (Å²) < 4.78 is 0. The van der Waals surface area contributed by atoms with Gasteiger partial charge < -0.3 is 20.4 Å². The highest BCUT2D eigenvalue weighted by Crippen LogP contribution is 2.33. The molecule has 0 aromatic heterocycles. The molecule has 2 unspecified atom stereocenters. The van der Waals surface area contributed by atoms with E-state index < -0.39 is 0 Å². The summed E-state index contributed by atoms with van der Waals surface area (Å²) in [6.45, 7) is 9.93. The predicted molar refractivity (Wildman–Crippen MR) is 91.0 cm³/mol. The van der Waals surface area contributed by atoms with Crippen molar-refractivity contribution in [1.82, 2.24) is 14.7 Å². The van der Waals surface area contributed by atoms with Crippen LogP contribution in [0, 0.1) is 5.92 Å². The number of amides is 3. The van der Waals surface area contributed by atoms with Crippen molar-refractivity contribution in [3.05, 3.63) is 0 Å². The second-order valence-electron chi connectivity index (χ2n) is 7.07. The van der Waals surface area contributed by atoms with Crippen molar-refractivity contribution in [3.63, 3.8) is 0 Å². The van der Waals surface area contributed by atoms with Gasteiger partial charge in [0, 0.05) is 44.8 Å². The summed E-state index contributed by atoms with van der Waals surface area (Å²) in [5, 5.41) is 0. The minimum absolute atomic E-state index is 0.0683. The average molecular weight is 324 g/mol. The third-order valence-electron chi connectivity index (χ3n) is 5.45. The van der Waals surface area contributed by atoms with E-state index in [-0.39, 0.29) is 23.4 Å². The standard InChI is InChI=1S/C17H32N4O2/c1-4-19(5-2)16(23)21-12-10-20(11-13-21)15(22)14-8-6-7-9-17(14,3)18/h14H,4-13,18H2,1-3H3. The number of urea groups is 1. The van der Waals surface area contributed by atoms with Gasteiger partial charge in [0.15, 0.2) is 0 Å². The fourth-order valence-corrected chi connectivity index (χ4v) is 3.80. The smallest absolute Gasteiger partial charge is 0.320 e. The van der Waals surface area contributed by atoms with Gasteiger partial charge in [0.2, 0.25) is 5.91 Å². The molecule has 1 saturated heterocycles. The van der Waals surface area contributed by atoms with Crippen molar-refractivity contribution in [3.8, 4) is 0 Å². The molecule has 132 valence electrons. The van der Waals surface area contributed by atoms with Crippen LogP contribution in [0.2, 0.25) is 0 Å². The molecular weight excluding hydrogens is 292 g/mol. The Hall–Kier alpha value is -1.30. The highest BCUT2D eigenvalue weighted by Gasteiger charge is 2.40. The van der Waals surface area contributed by atoms with Crippen molar-refractivity contribution in [1.29, 1.82) is 0 Å². The maximum absolute atomic E-state index is 12.8. The van der Waals surface area contributed by atoms with Crippen LogP contribution in [-0.4, -0.2) is 71.4 Å². The van der Waals surface area contributed by atoms with Crippen LogP contribution < -0.4 is 5.73 Å². The Morgan fingerprint density at radius 2 is 1.65 bits per heavy atom. The maximum Gasteiger partial charge on any atom is 0.320 e. The SMILES string of the molecule is CCN(CC)C(=O)N1CCN(C(=O)C2CCCCC2(C)N)CC1. The monoisotopic (exact) mass is 324 g/mol. The minimum atomic E-state index is -0.385. The molecule has 0 aromatic carbocycles. The number of carbonyl (C=O) groups is 2. The van der Waals surface area contributed by atoms with Gasteiger partial charge in [-0.15, -0.1) is 0 Å². The van der Waals surface area contributed by atoms with E-state index in [4.69, 9.17) is 5.73 Å². The molecule has 1 aliphatic heterocycles. The lowest BCUT2D eigenvalue weighted by Crippen LogP contribution is -2.58. The Bertz CT molecular complexity index is 426. The second kappa shape index (κ2) is 7.51. The van der Waals surface area contributed by atoms with Crippen LogP contribution in [0.5, 0.6) is 0 Å². The zero-order chi connectivity index (χ0) is 17.0. The summed E-state index contributed by atoms with van der Waals surface area (Å²) in [5.74, 6) is 0.117. The van der Waals surface area contributed by atoms with E-state index in [1.54, 1.807) is 0 Å². The molecule has 23 heavy (non-hydrogen) atoms. The van der Waals surface area contributed by atoms with Gasteiger partial charge in [-0.05, 0) is 33.6 Å². The summed E-state index contributed by atoms with van der Waals surface area (Å²) in [6, 6.07) is 0.0865. The lowest BCUT2D eigenvalue weighted by atomic mass is 9.74. The first-order chi connectivity index (χ1) is 10.9. The van der Waals surface area contributed by atoms with E-state index in [1.165, 1.54) is 0 Å². The Morgan fingerprint density at radius 1 is 1.09 bits per heavy atom. The van der Waals surface area contributed by atoms with E-state index in [9.17, 15) is 9.59 Å². The summed E-state index contributed by atoms with van der Waals surface area (Å²) in [5.41, 5.74) is 5.98.